The van der Waals surface area contributed by atoms with Gasteiger partial charge in [0.05, 0.1) is 5.69 Å². The minimum Gasteiger partial charge on any atom is -0.337 e. The lowest BCUT2D eigenvalue weighted by atomic mass is 9.87. The van der Waals surface area contributed by atoms with Crippen LogP contribution in [0.5, 0.6) is 0 Å². The second-order valence-corrected chi connectivity index (χ2v) is 19.2. The molecule has 0 aromatic heterocycles. The molecule has 0 bridgehead atoms. The Morgan fingerprint density at radius 2 is 0.739 bits per heavy atom. The zero-order valence-corrected chi connectivity index (χ0v) is 39.4. The molecule has 0 fully saturated rings. The Hall–Kier alpha value is -8.46. The lowest BCUT2D eigenvalue weighted by Gasteiger charge is -2.27. The fraction of sp³-hybridized carbons (Fsp3) is 0.0746. The van der Waals surface area contributed by atoms with Crippen molar-refractivity contribution in [1.29, 1.82) is 0 Å². The first-order valence-electron chi connectivity index (χ1n) is 24.2. The molecule has 0 aliphatic rings. The van der Waals surface area contributed by atoms with Crippen LogP contribution in [0.15, 0.2) is 218 Å². The first-order valence-corrected chi connectivity index (χ1v) is 24.2. The van der Waals surface area contributed by atoms with Gasteiger partial charge in [0.2, 0.25) is 0 Å². The van der Waals surface area contributed by atoms with E-state index in [4.69, 9.17) is 0 Å². The van der Waals surface area contributed by atoms with Crippen molar-refractivity contribution in [2.45, 2.75) is 34.2 Å². The van der Waals surface area contributed by atoms with E-state index in [0.29, 0.717) is 0 Å². The van der Waals surface area contributed by atoms with Crippen molar-refractivity contribution in [2.24, 2.45) is 0 Å². The van der Waals surface area contributed by atoms with Crippen LogP contribution in [0.3, 0.4) is 0 Å². The Labute approximate surface area is 403 Å². The first kappa shape index (κ1) is 40.8. The lowest BCUT2D eigenvalue weighted by Crippen LogP contribution is -2.16. The summed E-state index contributed by atoms with van der Waals surface area (Å²) in [7, 11) is 0. The Morgan fingerprint density at radius 3 is 1.28 bits per heavy atom. The zero-order valence-electron chi connectivity index (χ0n) is 39.4. The summed E-state index contributed by atoms with van der Waals surface area (Å²) in [6.07, 6.45) is 0. The van der Waals surface area contributed by atoms with E-state index in [-0.39, 0.29) is 0 Å². The summed E-state index contributed by atoms with van der Waals surface area (Å²) in [5.74, 6) is 0. The number of anilines is 5. The van der Waals surface area contributed by atoms with E-state index in [1.54, 1.807) is 0 Å². The van der Waals surface area contributed by atoms with Crippen LogP contribution in [0.4, 0.5) is 28.4 Å². The molecule has 0 N–H and O–H groups in total. The summed E-state index contributed by atoms with van der Waals surface area (Å²) < 4.78 is 0. The van der Waals surface area contributed by atoms with Gasteiger partial charge in [-0.2, -0.15) is 0 Å². The molecule has 13 rings (SSSR count). The molecule has 0 amide bonds. The van der Waals surface area contributed by atoms with Crippen LogP contribution in [0.25, 0.3) is 86.9 Å². The molecule has 0 saturated carbocycles. The molecule has 0 aliphatic heterocycles. The molecule has 328 valence electrons. The van der Waals surface area contributed by atoms with E-state index in [0.717, 1.165) is 17.9 Å². The first-order chi connectivity index (χ1) is 33.9. The van der Waals surface area contributed by atoms with Gasteiger partial charge in [-0.05, 0) is 204 Å². The number of rotatable bonds is 9. The third-order valence-corrected chi connectivity index (χ3v) is 14.5. The maximum Gasteiger partial charge on any atom is 0.0540 e. The Kier molecular flexibility index (Phi) is 9.52. The summed E-state index contributed by atoms with van der Waals surface area (Å²) in [5, 5.41) is 15.5. The lowest BCUT2D eigenvalue weighted by molar-refractivity contribution is 0.976. The number of hydrogen-bond donors (Lipinski definition) is 0. The third kappa shape index (κ3) is 6.62. The number of nitrogens with zero attached hydrogens (tertiary/aromatic N) is 2. The van der Waals surface area contributed by atoms with Gasteiger partial charge in [0.1, 0.15) is 0 Å². The van der Waals surface area contributed by atoms with Crippen LogP contribution >= 0.6 is 0 Å². The van der Waals surface area contributed by atoms with Crippen molar-refractivity contribution in [3.05, 3.63) is 246 Å². The highest BCUT2D eigenvalue weighted by molar-refractivity contribution is 6.47. The van der Waals surface area contributed by atoms with Crippen molar-refractivity contribution >= 4 is 93.1 Å². The van der Waals surface area contributed by atoms with Crippen molar-refractivity contribution in [3.8, 4) is 22.3 Å². The van der Waals surface area contributed by atoms with E-state index in [1.165, 1.54) is 132 Å². The maximum absolute atomic E-state index is 2.52. The van der Waals surface area contributed by atoms with Crippen LogP contribution in [-0.2, 0) is 6.54 Å². The van der Waals surface area contributed by atoms with Crippen molar-refractivity contribution in [2.75, 3.05) is 9.80 Å². The average Bonchev–Trinajstić information content (AvgIpc) is 3.88. The van der Waals surface area contributed by atoms with E-state index in [1.807, 2.05) is 0 Å². The monoisotopic (exact) mass is 882 g/mol. The molecule has 69 heavy (non-hydrogen) atoms. The molecule has 0 aliphatic carbocycles. The predicted molar refractivity (Wildman–Crippen MR) is 297 cm³/mol. The highest BCUT2D eigenvalue weighted by Gasteiger charge is 2.29. The largest absolute Gasteiger partial charge is 0.337 e. The molecule has 13 aromatic rings. The highest BCUT2D eigenvalue weighted by Crippen LogP contribution is 2.57. The van der Waals surface area contributed by atoms with Crippen molar-refractivity contribution in [1.82, 2.24) is 0 Å². The van der Waals surface area contributed by atoms with Crippen molar-refractivity contribution in [3.63, 3.8) is 0 Å². The van der Waals surface area contributed by atoms with Gasteiger partial charge in [0.15, 0.2) is 0 Å². The van der Waals surface area contributed by atoms with Gasteiger partial charge in [-0.3, -0.25) is 0 Å². The fourth-order valence-electron chi connectivity index (χ4n) is 11.7. The Morgan fingerprint density at radius 1 is 0.304 bits per heavy atom. The molecule has 2 nitrogen and oxygen atoms in total. The van der Waals surface area contributed by atoms with Crippen LogP contribution in [0.2, 0.25) is 0 Å². The molecule has 0 unspecified atom stereocenters. The van der Waals surface area contributed by atoms with Gasteiger partial charge >= 0.3 is 0 Å². The van der Waals surface area contributed by atoms with Gasteiger partial charge < -0.3 is 9.80 Å². The third-order valence-electron chi connectivity index (χ3n) is 14.5. The van der Waals surface area contributed by atoms with Crippen LogP contribution in [0.1, 0.15) is 27.8 Å². The summed E-state index contributed by atoms with van der Waals surface area (Å²) in [6, 6.07) is 81.8. The van der Waals surface area contributed by atoms with Crippen LogP contribution in [-0.4, -0.2) is 0 Å². The smallest absolute Gasteiger partial charge is 0.0540 e. The van der Waals surface area contributed by atoms with Gasteiger partial charge in [-0.15, -0.1) is 0 Å². The maximum atomic E-state index is 2.52. The summed E-state index contributed by atoms with van der Waals surface area (Å²) >= 11 is 0. The zero-order chi connectivity index (χ0) is 46.3. The topological polar surface area (TPSA) is 6.48 Å². The fourth-order valence-corrected chi connectivity index (χ4v) is 11.7. The molecule has 0 saturated heterocycles. The van der Waals surface area contributed by atoms with Gasteiger partial charge in [-0.25, -0.2) is 0 Å². The molecular formula is C67H50N2. The number of aryl methyl sites for hydroxylation is 4. The minimum atomic E-state index is 0.721. The van der Waals surface area contributed by atoms with Crippen LogP contribution < -0.4 is 9.80 Å². The van der Waals surface area contributed by atoms with E-state index >= 15 is 0 Å². The number of benzene rings is 11. The normalized spacial score (nSPS) is 11.8. The van der Waals surface area contributed by atoms with Gasteiger partial charge in [0.25, 0.3) is 0 Å². The summed E-state index contributed by atoms with van der Waals surface area (Å²) in [4.78, 5) is 4.94. The number of fused-ring (bicyclic) bond motifs is 6. The quantitative estimate of drug-likeness (QED) is 0.143. The average molecular weight is 883 g/mol. The minimum absolute atomic E-state index is 0.721. The van der Waals surface area contributed by atoms with Gasteiger partial charge in [-0.1, -0.05) is 152 Å². The molecule has 0 spiro atoms. The van der Waals surface area contributed by atoms with Gasteiger partial charge in [0, 0.05) is 34.7 Å². The second kappa shape index (κ2) is 16.1. The molecule has 0 radical (unpaired) electrons. The standard InChI is InChI=1S/C67H50N2/c1-42-17-11-26-50(35-42)68(51-27-12-18-43(2)36-51)41-46-39-49-25-15-31-55-60(49)58(40-46)67-62(48-23-9-6-10-24-48)65-56-32-16-30-54-59(69(52-28-13-19-44(3)37-52)53-29-14-20-45(4)38-53)34-33-57(63(54)56)66(65)61(64(55)67)47-21-7-5-8-22-47/h5-40H,41H2,1-4H3. The molecule has 2 heteroatoms. The Bertz CT molecular complexity index is 4000. The summed E-state index contributed by atoms with van der Waals surface area (Å²) in [5.41, 5.74) is 17.1. The van der Waals surface area contributed by atoms with Crippen LogP contribution in [0, 0.1) is 27.7 Å². The van der Waals surface area contributed by atoms with E-state index in [2.05, 4.69) is 256 Å². The highest BCUT2D eigenvalue weighted by atomic mass is 15.1. The molecular weight excluding hydrogens is 833 g/mol. The van der Waals surface area contributed by atoms with Crippen molar-refractivity contribution < 1.29 is 0 Å². The SMILES string of the molecule is Cc1cccc(N(Cc2cc3cccc4c5c(-c6ccccc6)c6c7ccc(N(c8cccc(C)c8)c8cccc(C)c8)c8cccc(c6c(-c6ccccc6)c5c(c2)c34)c87)c2cccc(C)c2)c1. The predicted octanol–water partition coefficient (Wildman–Crippen LogP) is 18.9. The summed E-state index contributed by atoms with van der Waals surface area (Å²) in [6.45, 7) is 9.46. The molecule has 13 aromatic carbocycles. The Balaban J connectivity index is 1.17. The van der Waals surface area contributed by atoms with E-state index < -0.39 is 0 Å². The van der Waals surface area contributed by atoms with E-state index in [9.17, 15) is 0 Å². The molecule has 0 atom stereocenters. The number of hydrogen-bond acceptors (Lipinski definition) is 2. The second-order valence-electron chi connectivity index (χ2n) is 19.2. The molecule has 0 heterocycles.